The molecule has 174 valence electrons. The Bertz CT molecular complexity index is 893. The van der Waals surface area contributed by atoms with Gasteiger partial charge in [0.15, 0.2) is 11.0 Å². The summed E-state index contributed by atoms with van der Waals surface area (Å²) in [5, 5.41) is 5.72. The molecule has 0 spiro atoms. The van der Waals surface area contributed by atoms with Crippen LogP contribution in [0, 0.1) is 11.8 Å². The van der Waals surface area contributed by atoms with E-state index in [0.29, 0.717) is 12.8 Å². The number of nitrogens with one attached hydrogen (secondary N) is 2. The largest absolute Gasteiger partial charge is 0.465 e. The number of aromatic nitrogens is 2. The second kappa shape index (κ2) is 12.0. The highest BCUT2D eigenvalue weighted by molar-refractivity contribution is 6.32. The van der Waals surface area contributed by atoms with Crippen molar-refractivity contribution in [3.05, 3.63) is 23.1 Å². The van der Waals surface area contributed by atoms with Crippen LogP contribution in [0.25, 0.3) is 0 Å². The quantitative estimate of drug-likeness (QED) is 0.171. The Hall–Kier alpha value is -3.21. The van der Waals surface area contributed by atoms with Crippen LogP contribution in [0.1, 0.15) is 27.2 Å². The van der Waals surface area contributed by atoms with Gasteiger partial charge in [-0.05, 0) is 12.0 Å². The number of ether oxygens (including phenoxy) is 3. The van der Waals surface area contributed by atoms with E-state index in [4.69, 9.17) is 25.8 Å². The van der Waals surface area contributed by atoms with Gasteiger partial charge in [-0.3, -0.25) is 19.2 Å². The van der Waals surface area contributed by atoms with Crippen LogP contribution in [-0.2, 0) is 33.4 Å². The molecule has 0 aromatic carbocycles. The van der Waals surface area contributed by atoms with Gasteiger partial charge in [0.05, 0.1) is 13.2 Å². The number of anilines is 2. The number of esters is 3. The number of carbonyl (C=O) groups excluding carboxylic acids is 4. The maximum Gasteiger partial charge on any atom is 0.302 e. The predicted octanol–water partition coefficient (Wildman–Crippen LogP) is 1.73. The number of amides is 1. The molecule has 1 aromatic heterocycles. The average molecular weight is 469 g/mol. The maximum atomic E-state index is 11.5. The van der Waals surface area contributed by atoms with Crippen LogP contribution >= 0.6 is 11.6 Å². The molecule has 2 rings (SSSR count). The normalized spacial score (nSPS) is 19.9. The van der Waals surface area contributed by atoms with Gasteiger partial charge < -0.3 is 24.8 Å². The zero-order valence-corrected chi connectivity index (χ0v) is 18.7. The predicted molar refractivity (Wildman–Crippen MR) is 114 cm³/mol. The van der Waals surface area contributed by atoms with Crippen LogP contribution in [0.4, 0.5) is 11.5 Å². The van der Waals surface area contributed by atoms with Gasteiger partial charge in [-0.2, -0.15) is 0 Å². The number of nitrogens with zero attached hydrogens (tertiary/aromatic N) is 2. The number of hydrogen-bond donors (Lipinski definition) is 2. The van der Waals surface area contributed by atoms with Crippen LogP contribution in [0.15, 0.2) is 18.0 Å². The van der Waals surface area contributed by atoms with Crippen molar-refractivity contribution in [1.82, 2.24) is 9.97 Å². The first-order valence-electron chi connectivity index (χ1n) is 9.79. The number of halogens is 1. The van der Waals surface area contributed by atoms with E-state index in [1.807, 2.05) is 6.08 Å². The highest BCUT2D eigenvalue weighted by Gasteiger charge is 2.37. The van der Waals surface area contributed by atoms with Crippen molar-refractivity contribution in [2.24, 2.45) is 11.8 Å². The first-order chi connectivity index (χ1) is 15.2. The van der Waals surface area contributed by atoms with Gasteiger partial charge in [-0.25, -0.2) is 9.97 Å². The minimum Gasteiger partial charge on any atom is -0.465 e. The molecule has 0 saturated carbocycles. The fraction of sp³-hybridized carbons (Fsp3) is 0.500. The molecular formula is C20H25ClN4O7. The van der Waals surface area contributed by atoms with Gasteiger partial charge in [0.25, 0.3) is 0 Å². The molecule has 0 fully saturated rings. The highest BCUT2D eigenvalue weighted by atomic mass is 35.5. The van der Waals surface area contributed by atoms with E-state index in [0.717, 1.165) is 5.57 Å². The van der Waals surface area contributed by atoms with Gasteiger partial charge in [-0.1, -0.05) is 17.7 Å². The molecule has 1 heterocycles. The molecule has 0 unspecified atom stereocenters. The van der Waals surface area contributed by atoms with Crippen molar-refractivity contribution in [3.8, 4) is 0 Å². The Morgan fingerprint density at radius 3 is 2.38 bits per heavy atom. The summed E-state index contributed by atoms with van der Waals surface area (Å²) < 4.78 is 15.7. The van der Waals surface area contributed by atoms with Crippen LogP contribution < -0.4 is 10.6 Å². The SMILES string of the molecule is CC(=O)OCC1=CC[C@@H](Nc2ncnc(Cl)c2NC=O)[C@@H](COC(C)=O)[C@H]1COC(C)=O. The Balaban J connectivity index is 2.38. The van der Waals surface area contributed by atoms with E-state index in [1.54, 1.807) is 0 Å². The molecule has 1 aromatic rings. The van der Waals surface area contributed by atoms with Crippen molar-refractivity contribution in [2.45, 2.75) is 33.2 Å². The second-order valence-corrected chi connectivity index (χ2v) is 7.43. The van der Waals surface area contributed by atoms with Crippen molar-refractivity contribution in [1.29, 1.82) is 0 Å². The van der Waals surface area contributed by atoms with Crippen molar-refractivity contribution >= 4 is 47.4 Å². The number of carbonyl (C=O) groups is 4. The molecule has 3 atom stereocenters. The lowest BCUT2D eigenvalue weighted by Crippen LogP contribution is -2.43. The molecule has 0 radical (unpaired) electrons. The van der Waals surface area contributed by atoms with Gasteiger partial charge in [0.2, 0.25) is 6.41 Å². The fourth-order valence-corrected chi connectivity index (χ4v) is 3.58. The third kappa shape index (κ3) is 7.19. The summed E-state index contributed by atoms with van der Waals surface area (Å²) >= 11 is 6.07. The highest BCUT2D eigenvalue weighted by Crippen LogP contribution is 2.35. The van der Waals surface area contributed by atoms with Gasteiger partial charge in [0.1, 0.15) is 18.6 Å². The topological polar surface area (TPSA) is 146 Å². The standard InChI is InChI=1S/C20H25ClN4O7/c1-11(27)30-6-14-4-5-17(25-20-18(24-10-26)19(21)22-9-23-20)16(8-32-13(3)29)15(14)7-31-12(2)28/h4,9-10,15-17H,5-8H2,1-3H3,(H,24,26)(H,22,23,25)/t15-,16-,17+/m0/s1. The van der Waals surface area contributed by atoms with Gasteiger partial charge in [0, 0.05) is 38.6 Å². The lowest BCUT2D eigenvalue weighted by molar-refractivity contribution is -0.147. The first kappa shape index (κ1) is 25.1. The monoisotopic (exact) mass is 468 g/mol. The summed E-state index contributed by atoms with van der Waals surface area (Å²) in [7, 11) is 0. The van der Waals surface area contributed by atoms with Crippen LogP contribution in [0.2, 0.25) is 5.15 Å². The fourth-order valence-electron chi connectivity index (χ4n) is 3.40. The maximum absolute atomic E-state index is 11.5. The first-order valence-corrected chi connectivity index (χ1v) is 10.2. The van der Waals surface area contributed by atoms with E-state index >= 15 is 0 Å². The lowest BCUT2D eigenvalue weighted by atomic mass is 9.76. The van der Waals surface area contributed by atoms with Crippen LogP contribution in [-0.4, -0.2) is 60.1 Å². The minimum atomic E-state index is -0.474. The van der Waals surface area contributed by atoms with E-state index in [9.17, 15) is 19.2 Å². The molecule has 12 heteroatoms. The molecule has 32 heavy (non-hydrogen) atoms. The molecule has 1 aliphatic carbocycles. The van der Waals surface area contributed by atoms with E-state index in [2.05, 4.69) is 20.6 Å². The molecule has 0 bridgehead atoms. The average Bonchev–Trinajstić information content (AvgIpc) is 2.72. The summed E-state index contributed by atoms with van der Waals surface area (Å²) in [5.41, 5.74) is 0.935. The Kier molecular flexibility index (Phi) is 9.39. The minimum absolute atomic E-state index is 0.00345. The zero-order chi connectivity index (χ0) is 23.7. The van der Waals surface area contributed by atoms with Crippen molar-refractivity contribution < 1.29 is 33.4 Å². The Morgan fingerprint density at radius 1 is 1.09 bits per heavy atom. The summed E-state index contributed by atoms with van der Waals surface area (Å²) in [6.45, 7) is 3.89. The van der Waals surface area contributed by atoms with Gasteiger partial charge in [-0.15, -0.1) is 0 Å². The number of hydrogen-bond acceptors (Lipinski definition) is 10. The molecule has 0 aliphatic heterocycles. The molecule has 1 amide bonds. The third-order valence-corrected chi connectivity index (χ3v) is 5.14. The van der Waals surface area contributed by atoms with Crippen molar-refractivity contribution in [2.75, 3.05) is 30.5 Å². The Labute approximate surface area is 189 Å². The molecular weight excluding hydrogens is 444 g/mol. The molecule has 0 saturated heterocycles. The van der Waals surface area contributed by atoms with E-state index in [-0.39, 0.29) is 48.4 Å². The second-order valence-electron chi connectivity index (χ2n) is 7.07. The van der Waals surface area contributed by atoms with E-state index in [1.165, 1.54) is 27.1 Å². The van der Waals surface area contributed by atoms with Gasteiger partial charge >= 0.3 is 17.9 Å². The molecule has 1 aliphatic rings. The Morgan fingerprint density at radius 2 is 1.75 bits per heavy atom. The summed E-state index contributed by atoms with van der Waals surface area (Å²) in [5.74, 6) is -1.92. The lowest BCUT2D eigenvalue weighted by Gasteiger charge is -2.38. The molecule has 11 nitrogen and oxygen atoms in total. The smallest absolute Gasteiger partial charge is 0.302 e. The van der Waals surface area contributed by atoms with E-state index < -0.39 is 23.8 Å². The summed E-state index contributed by atoms with van der Waals surface area (Å²) in [6, 6.07) is -0.353. The third-order valence-electron chi connectivity index (χ3n) is 4.86. The summed E-state index contributed by atoms with van der Waals surface area (Å²) in [6.07, 6.45) is 4.01. The van der Waals surface area contributed by atoms with Crippen molar-refractivity contribution in [3.63, 3.8) is 0 Å². The summed E-state index contributed by atoms with van der Waals surface area (Å²) in [4.78, 5) is 53.3. The van der Waals surface area contributed by atoms with Crippen LogP contribution in [0.3, 0.4) is 0 Å². The zero-order valence-electron chi connectivity index (χ0n) is 17.9. The van der Waals surface area contributed by atoms with Crippen LogP contribution in [0.5, 0.6) is 0 Å². The molecule has 2 N–H and O–H groups in total. The number of rotatable bonds is 10.